The standard InChI is InChI=1S/C5H12N4O3/c6-3(9-5(7)11)1-2-4(10)12-8/h3H,1-2,6,8H2,(H3,7,9,11). The Morgan fingerprint density at radius 2 is 2.08 bits per heavy atom. The van der Waals surface area contributed by atoms with E-state index in [-0.39, 0.29) is 12.8 Å². The Hall–Kier alpha value is -1.34. The summed E-state index contributed by atoms with van der Waals surface area (Å²) in [5.41, 5.74) is 10.1. The van der Waals surface area contributed by atoms with Crippen LogP contribution in [0.15, 0.2) is 0 Å². The lowest BCUT2D eigenvalue weighted by molar-refractivity contribution is -0.144. The molecule has 0 aromatic rings. The van der Waals surface area contributed by atoms with Crippen molar-refractivity contribution in [1.82, 2.24) is 5.32 Å². The van der Waals surface area contributed by atoms with Crippen molar-refractivity contribution in [1.29, 1.82) is 0 Å². The van der Waals surface area contributed by atoms with Gasteiger partial charge in [-0.1, -0.05) is 0 Å². The number of nitrogens with one attached hydrogen (secondary N) is 1. The van der Waals surface area contributed by atoms with Gasteiger partial charge in [0.25, 0.3) is 0 Å². The van der Waals surface area contributed by atoms with Crippen molar-refractivity contribution < 1.29 is 14.4 Å². The average molecular weight is 176 g/mol. The summed E-state index contributed by atoms with van der Waals surface area (Å²) >= 11 is 0. The van der Waals surface area contributed by atoms with E-state index in [2.05, 4.69) is 16.1 Å². The van der Waals surface area contributed by atoms with E-state index in [1.807, 2.05) is 0 Å². The second-order valence-corrected chi connectivity index (χ2v) is 2.14. The number of nitrogens with two attached hydrogens (primary N) is 3. The van der Waals surface area contributed by atoms with Crippen LogP contribution in [0.25, 0.3) is 0 Å². The predicted molar refractivity (Wildman–Crippen MR) is 40.2 cm³/mol. The molecule has 12 heavy (non-hydrogen) atoms. The van der Waals surface area contributed by atoms with Crippen molar-refractivity contribution in [3.05, 3.63) is 0 Å². The highest BCUT2D eigenvalue weighted by molar-refractivity contribution is 5.72. The van der Waals surface area contributed by atoms with E-state index in [0.29, 0.717) is 0 Å². The van der Waals surface area contributed by atoms with Gasteiger partial charge in [-0.3, -0.25) is 4.79 Å². The zero-order valence-corrected chi connectivity index (χ0v) is 6.45. The van der Waals surface area contributed by atoms with Gasteiger partial charge in [0, 0.05) is 0 Å². The first-order valence-corrected chi connectivity index (χ1v) is 3.27. The lowest BCUT2D eigenvalue weighted by Crippen LogP contribution is -2.44. The normalized spacial score (nSPS) is 11.8. The zero-order valence-electron chi connectivity index (χ0n) is 6.45. The summed E-state index contributed by atoms with van der Waals surface area (Å²) in [4.78, 5) is 24.5. The molecule has 7 nitrogen and oxygen atoms in total. The summed E-state index contributed by atoms with van der Waals surface area (Å²) in [7, 11) is 0. The molecule has 0 radical (unpaired) electrons. The molecule has 7 heteroatoms. The molecule has 0 aliphatic heterocycles. The largest absolute Gasteiger partial charge is 0.373 e. The van der Waals surface area contributed by atoms with Crippen LogP contribution in [0.5, 0.6) is 0 Å². The van der Waals surface area contributed by atoms with E-state index in [1.54, 1.807) is 0 Å². The number of carbonyl (C=O) groups excluding carboxylic acids is 2. The molecule has 0 aromatic carbocycles. The van der Waals surface area contributed by atoms with Gasteiger partial charge in [-0.05, 0) is 6.42 Å². The Balaban J connectivity index is 3.50. The maximum atomic E-state index is 10.5. The number of amides is 2. The van der Waals surface area contributed by atoms with Crippen LogP contribution in [-0.2, 0) is 9.63 Å². The van der Waals surface area contributed by atoms with E-state index >= 15 is 0 Å². The van der Waals surface area contributed by atoms with Crippen molar-refractivity contribution in [3.8, 4) is 0 Å². The smallest absolute Gasteiger partial charge is 0.324 e. The summed E-state index contributed by atoms with van der Waals surface area (Å²) in [5, 5.41) is 2.19. The van der Waals surface area contributed by atoms with Gasteiger partial charge >= 0.3 is 12.0 Å². The van der Waals surface area contributed by atoms with Crippen molar-refractivity contribution in [2.45, 2.75) is 19.0 Å². The number of primary amides is 1. The molecule has 0 aromatic heterocycles. The van der Waals surface area contributed by atoms with Crippen LogP contribution in [-0.4, -0.2) is 18.2 Å². The van der Waals surface area contributed by atoms with Gasteiger partial charge in [0.05, 0.1) is 12.6 Å². The van der Waals surface area contributed by atoms with Crippen LogP contribution >= 0.6 is 0 Å². The summed E-state index contributed by atoms with van der Waals surface area (Å²) < 4.78 is 0. The number of urea groups is 1. The van der Waals surface area contributed by atoms with Gasteiger partial charge in [0.1, 0.15) is 0 Å². The van der Waals surface area contributed by atoms with E-state index in [9.17, 15) is 9.59 Å². The van der Waals surface area contributed by atoms with Crippen molar-refractivity contribution in [2.24, 2.45) is 17.4 Å². The van der Waals surface area contributed by atoms with Gasteiger partial charge in [0.15, 0.2) is 0 Å². The second kappa shape index (κ2) is 5.33. The molecule has 70 valence electrons. The fraction of sp³-hybridized carbons (Fsp3) is 0.600. The molecule has 0 aliphatic rings. The molecule has 0 fully saturated rings. The van der Waals surface area contributed by atoms with Gasteiger partial charge in [-0.2, -0.15) is 5.90 Å². The zero-order chi connectivity index (χ0) is 9.56. The molecular weight excluding hydrogens is 164 g/mol. The SMILES string of the molecule is NOC(=O)CCC(N)NC(N)=O. The predicted octanol–water partition coefficient (Wildman–Crippen LogP) is -1.86. The molecule has 1 atom stereocenters. The average Bonchev–Trinajstić information content (AvgIpc) is 1.99. The third-order valence-corrected chi connectivity index (χ3v) is 1.12. The third kappa shape index (κ3) is 5.45. The lowest BCUT2D eigenvalue weighted by atomic mass is 10.2. The third-order valence-electron chi connectivity index (χ3n) is 1.12. The molecule has 1 unspecified atom stereocenters. The highest BCUT2D eigenvalue weighted by atomic mass is 16.7. The highest BCUT2D eigenvalue weighted by Gasteiger charge is 2.07. The van der Waals surface area contributed by atoms with Gasteiger partial charge < -0.3 is 21.6 Å². The van der Waals surface area contributed by atoms with Crippen LogP contribution in [0.2, 0.25) is 0 Å². The van der Waals surface area contributed by atoms with E-state index in [0.717, 1.165) is 0 Å². The molecule has 0 saturated heterocycles. The topological polar surface area (TPSA) is 133 Å². The van der Waals surface area contributed by atoms with Crippen molar-refractivity contribution in [2.75, 3.05) is 0 Å². The first-order valence-electron chi connectivity index (χ1n) is 3.27. The quantitative estimate of drug-likeness (QED) is 0.294. The molecule has 0 spiro atoms. The van der Waals surface area contributed by atoms with Gasteiger partial charge in [0.2, 0.25) is 0 Å². The fourth-order valence-electron chi connectivity index (χ4n) is 0.587. The van der Waals surface area contributed by atoms with Crippen LogP contribution < -0.4 is 22.7 Å². The van der Waals surface area contributed by atoms with E-state index in [1.165, 1.54) is 0 Å². The Morgan fingerprint density at radius 1 is 1.50 bits per heavy atom. The summed E-state index contributed by atoms with van der Waals surface area (Å²) in [5.74, 6) is 3.97. The Bertz CT molecular complexity index is 172. The fourth-order valence-corrected chi connectivity index (χ4v) is 0.587. The van der Waals surface area contributed by atoms with Crippen molar-refractivity contribution in [3.63, 3.8) is 0 Å². The Labute approximate surface area is 69.2 Å². The van der Waals surface area contributed by atoms with Gasteiger partial charge in [-0.25, -0.2) is 4.79 Å². The summed E-state index contributed by atoms with van der Waals surface area (Å²) in [6.07, 6.45) is -0.377. The van der Waals surface area contributed by atoms with Crippen LogP contribution in [0, 0.1) is 0 Å². The maximum Gasteiger partial charge on any atom is 0.324 e. The number of hydrogen-bond acceptors (Lipinski definition) is 5. The molecule has 0 rings (SSSR count). The maximum absolute atomic E-state index is 10.5. The molecule has 0 bridgehead atoms. The minimum Gasteiger partial charge on any atom is -0.373 e. The van der Waals surface area contributed by atoms with Crippen LogP contribution in [0.1, 0.15) is 12.8 Å². The molecule has 0 saturated carbocycles. The lowest BCUT2D eigenvalue weighted by Gasteiger charge is -2.09. The first-order chi connectivity index (χ1) is 5.56. The number of rotatable bonds is 4. The summed E-state index contributed by atoms with van der Waals surface area (Å²) in [6.45, 7) is 0. The first kappa shape index (κ1) is 10.7. The van der Waals surface area contributed by atoms with Crippen LogP contribution in [0.3, 0.4) is 0 Å². The minimum atomic E-state index is -0.733. The Morgan fingerprint density at radius 3 is 2.50 bits per heavy atom. The molecule has 0 aliphatic carbocycles. The van der Waals surface area contributed by atoms with Crippen LogP contribution in [0.4, 0.5) is 4.79 Å². The second-order valence-electron chi connectivity index (χ2n) is 2.14. The van der Waals surface area contributed by atoms with Gasteiger partial charge in [-0.15, -0.1) is 0 Å². The molecule has 2 amide bonds. The minimum absolute atomic E-state index is 0.0396. The van der Waals surface area contributed by atoms with E-state index < -0.39 is 18.2 Å². The monoisotopic (exact) mass is 176 g/mol. The number of carbonyl (C=O) groups is 2. The molecular formula is C5H12N4O3. The van der Waals surface area contributed by atoms with E-state index in [4.69, 9.17) is 11.5 Å². The Kier molecular flexibility index (Phi) is 4.73. The highest BCUT2D eigenvalue weighted by Crippen LogP contribution is 1.92. The van der Waals surface area contributed by atoms with Crippen molar-refractivity contribution >= 4 is 12.0 Å². The molecule has 0 heterocycles. The summed E-state index contributed by atoms with van der Waals surface area (Å²) in [6, 6.07) is -0.733. The number of hydrogen-bond donors (Lipinski definition) is 4. The molecule has 7 N–H and O–H groups in total.